The second-order valence-corrected chi connectivity index (χ2v) is 4.93. The number of rotatable bonds is 10. The van der Waals surface area contributed by atoms with Crippen molar-refractivity contribution in [1.82, 2.24) is 15.1 Å². The van der Waals surface area contributed by atoms with E-state index in [4.69, 9.17) is 14.6 Å². The van der Waals surface area contributed by atoms with Crippen molar-refractivity contribution in [2.24, 2.45) is 0 Å². The fourth-order valence-corrected chi connectivity index (χ4v) is 2.30. The second-order valence-electron chi connectivity index (χ2n) is 4.93. The van der Waals surface area contributed by atoms with Crippen LogP contribution in [0.15, 0.2) is 24.3 Å². The highest BCUT2D eigenvalue weighted by Gasteiger charge is 2.09. The maximum atomic E-state index is 5.62. The topological polar surface area (TPSA) is 48.3 Å². The van der Waals surface area contributed by atoms with E-state index in [0.717, 1.165) is 45.0 Å². The molecule has 1 aromatic carbocycles. The van der Waals surface area contributed by atoms with E-state index in [0.29, 0.717) is 6.61 Å². The lowest BCUT2D eigenvalue weighted by Crippen LogP contribution is -2.13. The van der Waals surface area contributed by atoms with E-state index < -0.39 is 0 Å². The lowest BCUT2D eigenvalue weighted by Gasteiger charge is -2.05. The molecule has 0 unspecified atom stereocenters. The van der Waals surface area contributed by atoms with Crippen LogP contribution in [0.25, 0.3) is 10.9 Å². The first-order chi connectivity index (χ1) is 10.4. The Bertz CT molecular complexity index is 539. The number of ether oxygens (including phenoxy) is 2. The van der Waals surface area contributed by atoms with Crippen LogP contribution < -0.4 is 5.32 Å². The number of para-hydroxylation sites is 1. The van der Waals surface area contributed by atoms with Gasteiger partial charge in [0.05, 0.1) is 24.4 Å². The Morgan fingerprint density at radius 2 is 2.05 bits per heavy atom. The summed E-state index contributed by atoms with van der Waals surface area (Å²) in [5.74, 6) is 0. The highest BCUT2D eigenvalue weighted by atomic mass is 16.5. The minimum atomic E-state index is 0.677. The predicted octanol–water partition coefficient (Wildman–Crippen LogP) is 2.20. The van der Waals surface area contributed by atoms with Crippen LogP contribution in [-0.4, -0.2) is 43.3 Å². The Balaban J connectivity index is 1.95. The number of nitrogens with one attached hydrogen (secondary N) is 1. The molecule has 0 spiro atoms. The average Bonchev–Trinajstić information content (AvgIpc) is 2.87. The molecule has 5 heteroatoms. The molecule has 0 saturated heterocycles. The van der Waals surface area contributed by atoms with Gasteiger partial charge in [-0.1, -0.05) is 25.1 Å². The molecule has 1 N–H and O–H groups in total. The van der Waals surface area contributed by atoms with E-state index in [1.807, 2.05) is 4.68 Å². The SMILES string of the molecule is CCNCc1nn(CCOCCCOC)c2ccccc12. The fraction of sp³-hybridized carbons (Fsp3) is 0.562. The Hall–Kier alpha value is -1.43. The van der Waals surface area contributed by atoms with Crippen LogP contribution in [0.2, 0.25) is 0 Å². The summed E-state index contributed by atoms with van der Waals surface area (Å²) < 4.78 is 12.7. The van der Waals surface area contributed by atoms with Crippen LogP contribution in [0.5, 0.6) is 0 Å². The largest absolute Gasteiger partial charge is 0.385 e. The van der Waals surface area contributed by atoms with Gasteiger partial charge in [0.2, 0.25) is 0 Å². The zero-order valence-electron chi connectivity index (χ0n) is 13.0. The first-order valence-corrected chi connectivity index (χ1v) is 7.58. The molecule has 0 bridgehead atoms. The van der Waals surface area contributed by atoms with Gasteiger partial charge in [0, 0.05) is 32.3 Å². The van der Waals surface area contributed by atoms with Gasteiger partial charge in [0.1, 0.15) is 0 Å². The molecular weight excluding hydrogens is 266 g/mol. The first kappa shape index (κ1) is 15.9. The monoisotopic (exact) mass is 291 g/mol. The maximum Gasteiger partial charge on any atom is 0.0841 e. The van der Waals surface area contributed by atoms with Gasteiger partial charge in [-0.3, -0.25) is 4.68 Å². The van der Waals surface area contributed by atoms with Gasteiger partial charge < -0.3 is 14.8 Å². The van der Waals surface area contributed by atoms with Crippen LogP contribution in [0.4, 0.5) is 0 Å². The minimum Gasteiger partial charge on any atom is -0.385 e. The first-order valence-electron chi connectivity index (χ1n) is 7.58. The van der Waals surface area contributed by atoms with Crippen LogP contribution in [0, 0.1) is 0 Å². The molecule has 1 heterocycles. The summed E-state index contributed by atoms with van der Waals surface area (Å²) in [5, 5.41) is 9.27. The third-order valence-corrected chi connectivity index (χ3v) is 3.36. The van der Waals surface area contributed by atoms with Gasteiger partial charge >= 0.3 is 0 Å². The van der Waals surface area contributed by atoms with Gasteiger partial charge in [0.15, 0.2) is 0 Å². The van der Waals surface area contributed by atoms with Crippen molar-refractivity contribution in [3.8, 4) is 0 Å². The number of benzene rings is 1. The molecule has 0 aliphatic rings. The Morgan fingerprint density at radius 1 is 1.19 bits per heavy atom. The molecule has 5 nitrogen and oxygen atoms in total. The predicted molar refractivity (Wildman–Crippen MR) is 84.4 cm³/mol. The standard InChI is InChI=1S/C16H25N3O2/c1-3-17-13-15-14-7-4-5-8-16(14)19(18-15)9-12-21-11-6-10-20-2/h4-5,7-8,17H,3,6,9-13H2,1-2H3. The molecule has 0 aliphatic carbocycles. The van der Waals surface area contributed by atoms with Gasteiger partial charge in [-0.15, -0.1) is 0 Å². The van der Waals surface area contributed by atoms with Crippen molar-refractivity contribution in [1.29, 1.82) is 0 Å². The van der Waals surface area contributed by atoms with Crippen LogP contribution in [-0.2, 0) is 22.6 Å². The minimum absolute atomic E-state index is 0.677. The summed E-state index contributed by atoms with van der Waals surface area (Å²) in [5.41, 5.74) is 2.28. The van der Waals surface area contributed by atoms with Gasteiger partial charge in [0.25, 0.3) is 0 Å². The molecule has 0 aliphatic heterocycles. The Labute approximate surface area is 126 Å². The summed E-state index contributed by atoms with van der Waals surface area (Å²) in [6.07, 6.45) is 0.933. The summed E-state index contributed by atoms with van der Waals surface area (Å²) in [6, 6.07) is 8.36. The third kappa shape index (κ3) is 4.52. The van der Waals surface area contributed by atoms with Gasteiger partial charge in [-0.05, 0) is 19.0 Å². The molecule has 0 amide bonds. The number of nitrogens with zero attached hydrogens (tertiary/aromatic N) is 2. The normalized spacial score (nSPS) is 11.3. The van der Waals surface area contributed by atoms with Crippen LogP contribution in [0.3, 0.4) is 0 Å². The number of aromatic nitrogens is 2. The summed E-state index contributed by atoms with van der Waals surface area (Å²) >= 11 is 0. The van der Waals surface area contributed by atoms with E-state index in [1.165, 1.54) is 10.9 Å². The summed E-state index contributed by atoms with van der Waals surface area (Å²) in [6.45, 7) is 6.79. The highest BCUT2D eigenvalue weighted by molar-refractivity contribution is 5.81. The third-order valence-electron chi connectivity index (χ3n) is 3.36. The molecular formula is C16H25N3O2. The van der Waals surface area contributed by atoms with Crippen molar-refractivity contribution in [3.63, 3.8) is 0 Å². The molecule has 2 aromatic rings. The molecule has 0 atom stereocenters. The number of methoxy groups -OCH3 is 1. The van der Waals surface area contributed by atoms with Gasteiger partial charge in [-0.2, -0.15) is 5.10 Å². The molecule has 0 saturated carbocycles. The van der Waals surface area contributed by atoms with Crippen LogP contribution >= 0.6 is 0 Å². The van der Waals surface area contributed by atoms with E-state index in [9.17, 15) is 0 Å². The highest BCUT2D eigenvalue weighted by Crippen LogP contribution is 2.18. The zero-order valence-corrected chi connectivity index (χ0v) is 13.0. The Morgan fingerprint density at radius 3 is 2.86 bits per heavy atom. The van der Waals surface area contributed by atoms with Crippen molar-refractivity contribution in [3.05, 3.63) is 30.0 Å². The molecule has 116 valence electrons. The maximum absolute atomic E-state index is 5.62. The lowest BCUT2D eigenvalue weighted by atomic mass is 10.2. The smallest absolute Gasteiger partial charge is 0.0841 e. The fourth-order valence-electron chi connectivity index (χ4n) is 2.30. The number of hydrogen-bond donors (Lipinski definition) is 1. The van der Waals surface area contributed by atoms with Crippen molar-refractivity contribution in [2.45, 2.75) is 26.4 Å². The van der Waals surface area contributed by atoms with E-state index >= 15 is 0 Å². The summed E-state index contributed by atoms with van der Waals surface area (Å²) in [4.78, 5) is 0. The van der Waals surface area contributed by atoms with E-state index in [1.54, 1.807) is 7.11 Å². The van der Waals surface area contributed by atoms with E-state index in [2.05, 4.69) is 36.5 Å². The lowest BCUT2D eigenvalue weighted by molar-refractivity contribution is 0.0966. The quantitative estimate of drug-likeness (QED) is 0.682. The molecule has 1 aromatic heterocycles. The number of hydrogen-bond acceptors (Lipinski definition) is 4. The van der Waals surface area contributed by atoms with Crippen molar-refractivity contribution >= 4 is 10.9 Å². The van der Waals surface area contributed by atoms with Crippen LogP contribution in [0.1, 0.15) is 19.0 Å². The molecule has 0 fully saturated rings. The van der Waals surface area contributed by atoms with Crippen molar-refractivity contribution < 1.29 is 9.47 Å². The zero-order chi connectivity index (χ0) is 14.9. The van der Waals surface area contributed by atoms with Crippen molar-refractivity contribution in [2.75, 3.05) is 33.5 Å². The molecule has 0 radical (unpaired) electrons. The van der Waals surface area contributed by atoms with Gasteiger partial charge in [-0.25, -0.2) is 0 Å². The summed E-state index contributed by atoms with van der Waals surface area (Å²) in [7, 11) is 1.71. The average molecular weight is 291 g/mol. The molecule has 2 rings (SSSR count). The second kappa shape index (κ2) is 8.77. The molecule has 21 heavy (non-hydrogen) atoms. The van der Waals surface area contributed by atoms with E-state index in [-0.39, 0.29) is 0 Å². The number of fused-ring (bicyclic) bond motifs is 1. The Kier molecular flexibility index (Phi) is 6.66.